The van der Waals surface area contributed by atoms with Crippen molar-refractivity contribution >= 4 is 47.5 Å². The van der Waals surface area contributed by atoms with Gasteiger partial charge in [0.2, 0.25) is 23.6 Å². The fraction of sp³-hybridized carbons (Fsp3) is 0.789. The highest BCUT2D eigenvalue weighted by Crippen LogP contribution is 2.14. The molecule has 3 unspecified atom stereocenters. The molecule has 3 atom stereocenters. The summed E-state index contributed by atoms with van der Waals surface area (Å²) in [6, 6.07) is -4.29. The monoisotopic (exact) mass is 802 g/mol. The van der Waals surface area contributed by atoms with Crippen LogP contribution in [0.1, 0.15) is 141 Å². The molecule has 0 saturated heterocycles. The zero-order valence-electron chi connectivity index (χ0n) is 33.0. The minimum absolute atomic E-state index is 0.135. The predicted molar refractivity (Wildman–Crippen MR) is 204 cm³/mol. The molecule has 18 nitrogen and oxygen atoms in total. The van der Waals surface area contributed by atoms with Gasteiger partial charge in [-0.1, -0.05) is 77.0 Å². The molecule has 0 saturated carbocycles. The van der Waals surface area contributed by atoms with Crippen LogP contribution in [-0.4, -0.2) is 120 Å². The highest BCUT2D eigenvalue weighted by atomic mass is 16.5. The highest BCUT2D eigenvalue weighted by molar-refractivity contribution is 5.87. The van der Waals surface area contributed by atoms with Crippen LogP contribution in [0.2, 0.25) is 0 Å². The van der Waals surface area contributed by atoms with Crippen molar-refractivity contribution < 1.29 is 68.3 Å². The zero-order chi connectivity index (χ0) is 42.0. The summed E-state index contributed by atoms with van der Waals surface area (Å²) in [6.45, 7) is 1.19. The van der Waals surface area contributed by atoms with E-state index in [1.54, 1.807) is 0 Å². The highest BCUT2D eigenvalue weighted by Gasteiger charge is 2.26. The van der Waals surface area contributed by atoms with Gasteiger partial charge in [-0.05, 0) is 32.1 Å². The van der Waals surface area contributed by atoms with Crippen molar-refractivity contribution in [2.24, 2.45) is 0 Å². The van der Waals surface area contributed by atoms with E-state index in [9.17, 15) is 53.7 Å². The van der Waals surface area contributed by atoms with Gasteiger partial charge in [-0.25, -0.2) is 14.4 Å². The Kier molecular flexibility index (Phi) is 31.4. The molecule has 322 valence electrons. The van der Waals surface area contributed by atoms with Crippen LogP contribution in [-0.2, 0) is 47.8 Å². The maximum atomic E-state index is 12.5. The second-order valence-electron chi connectivity index (χ2n) is 13.8. The maximum Gasteiger partial charge on any atom is 0.326 e. The molecule has 0 radical (unpaired) electrons. The standard InChI is InChI=1S/C38H66N4O14/c1-55-26-27-56-25-24-39-31(43)21-18-28(36(49)50)41-33(45)23-20-30(38(53)54)42-34(46)22-19-29(37(51)52)40-32(44)16-14-12-10-8-6-4-2-3-5-7-9-11-13-15-17-35(47)48/h28-30H,2-27H2,1H3,(H,39,43)(H,40,44)(H,41,45)(H,42,46)(H,47,48)(H,49,50)(H,51,52)(H,53,54). The number of unbranched alkanes of at least 4 members (excludes halogenated alkanes) is 13. The molecule has 0 aliphatic heterocycles. The molecule has 18 heteroatoms. The van der Waals surface area contributed by atoms with Crippen molar-refractivity contribution in [2.75, 3.05) is 33.5 Å². The van der Waals surface area contributed by atoms with Crippen LogP contribution in [0.4, 0.5) is 0 Å². The number of ether oxygens (including phenoxy) is 2. The quantitative estimate of drug-likeness (QED) is 0.0417. The van der Waals surface area contributed by atoms with Gasteiger partial charge < -0.3 is 51.2 Å². The first-order valence-electron chi connectivity index (χ1n) is 19.9. The van der Waals surface area contributed by atoms with Crippen molar-refractivity contribution in [3.05, 3.63) is 0 Å². The summed E-state index contributed by atoms with van der Waals surface area (Å²) >= 11 is 0. The molecule has 0 aromatic carbocycles. The van der Waals surface area contributed by atoms with E-state index in [4.69, 9.17) is 14.6 Å². The predicted octanol–water partition coefficient (Wildman–Crippen LogP) is 3.14. The van der Waals surface area contributed by atoms with E-state index >= 15 is 0 Å². The minimum Gasteiger partial charge on any atom is -0.481 e. The molecule has 56 heavy (non-hydrogen) atoms. The van der Waals surface area contributed by atoms with E-state index in [-0.39, 0.29) is 51.7 Å². The first-order valence-corrected chi connectivity index (χ1v) is 19.9. The van der Waals surface area contributed by atoms with Gasteiger partial charge in [-0.2, -0.15) is 0 Å². The number of carbonyl (C=O) groups excluding carboxylic acids is 4. The number of carboxylic acid groups (broad SMARTS) is 4. The molecule has 0 heterocycles. The lowest BCUT2D eigenvalue weighted by Gasteiger charge is -2.18. The first kappa shape index (κ1) is 51.7. The van der Waals surface area contributed by atoms with E-state index in [2.05, 4.69) is 21.3 Å². The van der Waals surface area contributed by atoms with Crippen molar-refractivity contribution in [1.82, 2.24) is 21.3 Å². The van der Waals surface area contributed by atoms with E-state index < -0.39 is 78.5 Å². The van der Waals surface area contributed by atoms with Gasteiger partial charge in [0, 0.05) is 45.8 Å². The summed E-state index contributed by atoms with van der Waals surface area (Å²) in [6.07, 6.45) is 12.8. The number of rotatable bonds is 38. The molecule has 0 bridgehead atoms. The smallest absolute Gasteiger partial charge is 0.326 e. The van der Waals surface area contributed by atoms with Gasteiger partial charge in [0.1, 0.15) is 18.1 Å². The van der Waals surface area contributed by atoms with Gasteiger partial charge in [0.15, 0.2) is 0 Å². The molecule has 0 aliphatic rings. The summed E-state index contributed by atoms with van der Waals surface area (Å²) in [5, 5.41) is 46.6. The van der Waals surface area contributed by atoms with Gasteiger partial charge in [0.25, 0.3) is 0 Å². The lowest BCUT2D eigenvalue weighted by atomic mass is 10.0. The number of hydrogen-bond donors (Lipinski definition) is 8. The van der Waals surface area contributed by atoms with Crippen LogP contribution in [0.3, 0.4) is 0 Å². The fourth-order valence-corrected chi connectivity index (χ4v) is 5.68. The Balaban J connectivity index is 4.32. The van der Waals surface area contributed by atoms with Gasteiger partial charge in [-0.3, -0.25) is 24.0 Å². The summed E-state index contributed by atoms with van der Waals surface area (Å²) in [5.74, 6) is -7.44. The number of methoxy groups -OCH3 is 1. The van der Waals surface area contributed by atoms with Crippen molar-refractivity contribution in [1.29, 1.82) is 0 Å². The number of nitrogens with one attached hydrogen (secondary N) is 4. The molecular weight excluding hydrogens is 736 g/mol. The Labute approximate surface area is 329 Å². The summed E-state index contributed by atoms with van der Waals surface area (Å²) < 4.78 is 10.0. The van der Waals surface area contributed by atoms with Gasteiger partial charge >= 0.3 is 23.9 Å². The Morgan fingerprint density at radius 3 is 1.12 bits per heavy atom. The molecule has 0 aliphatic carbocycles. The number of carbonyl (C=O) groups is 8. The third-order valence-corrected chi connectivity index (χ3v) is 8.93. The molecule has 0 aromatic rings. The van der Waals surface area contributed by atoms with E-state index in [1.165, 1.54) is 32.8 Å². The SMILES string of the molecule is COCCOCCNC(=O)CCC(NC(=O)CCC(NC(=O)CCC(NC(=O)CCCCCCCCCCCCCCCCC(=O)O)C(=O)O)C(=O)O)C(=O)O. The molecular formula is C38H66N4O14. The third kappa shape index (κ3) is 30.9. The van der Waals surface area contributed by atoms with Crippen molar-refractivity contribution in [2.45, 2.75) is 159 Å². The normalized spacial score (nSPS) is 12.5. The Morgan fingerprint density at radius 1 is 0.429 bits per heavy atom. The summed E-state index contributed by atoms with van der Waals surface area (Å²) in [5.41, 5.74) is 0. The summed E-state index contributed by atoms with van der Waals surface area (Å²) in [4.78, 5) is 94.9. The Bertz CT molecular complexity index is 1190. The van der Waals surface area contributed by atoms with Crippen LogP contribution >= 0.6 is 0 Å². The number of carboxylic acids is 4. The summed E-state index contributed by atoms with van der Waals surface area (Å²) in [7, 11) is 1.52. The van der Waals surface area contributed by atoms with E-state index in [0.717, 1.165) is 57.8 Å². The van der Waals surface area contributed by atoms with Crippen LogP contribution in [0, 0.1) is 0 Å². The molecule has 0 fully saturated rings. The van der Waals surface area contributed by atoms with Crippen LogP contribution < -0.4 is 21.3 Å². The first-order chi connectivity index (χ1) is 26.8. The average Bonchev–Trinajstić information content (AvgIpc) is 3.14. The second-order valence-corrected chi connectivity index (χ2v) is 13.8. The van der Waals surface area contributed by atoms with Gasteiger partial charge in [-0.15, -0.1) is 0 Å². The number of aliphatic carboxylic acids is 4. The second kappa shape index (κ2) is 34.0. The third-order valence-electron chi connectivity index (χ3n) is 8.93. The average molecular weight is 803 g/mol. The maximum absolute atomic E-state index is 12.5. The van der Waals surface area contributed by atoms with Crippen LogP contribution in [0.15, 0.2) is 0 Å². The Morgan fingerprint density at radius 2 is 0.768 bits per heavy atom. The number of amides is 4. The molecule has 0 spiro atoms. The fourth-order valence-electron chi connectivity index (χ4n) is 5.68. The lowest BCUT2D eigenvalue weighted by Crippen LogP contribution is -2.45. The minimum atomic E-state index is -1.52. The molecule has 8 N–H and O–H groups in total. The van der Waals surface area contributed by atoms with Gasteiger partial charge in [0.05, 0.1) is 19.8 Å². The topological polar surface area (TPSA) is 284 Å². The van der Waals surface area contributed by atoms with Crippen molar-refractivity contribution in [3.8, 4) is 0 Å². The molecule has 0 aromatic heterocycles. The largest absolute Gasteiger partial charge is 0.481 e. The van der Waals surface area contributed by atoms with Crippen LogP contribution in [0.5, 0.6) is 0 Å². The molecule has 4 amide bonds. The lowest BCUT2D eigenvalue weighted by molar-refractivity contribution is -0.144. The Hall–Kier alpha value is -4.32. The van der Waals surface area contributed by atoms with E-state index in [0.29, 0.717) is 19.6 Å². The zero-order valence-corrected chi connectivity index (χ0v) is 33.0. The number of hydrogen-bond acceptors (Lipinski definition) is 10. The van der Waals surface area contributed by atoms with Crippen LogP contribution in [0.25, 0.3) is 0 Å². The van der Waals surface area contributed by atoms with E-state index in [1.807, 2.05) is 0 Å². The van der Waals surface area contributed by atoms with Crippen molar-refractivity contribution in [3.63, 3.8) is 0 Å². The molecule has 0 rings (SSSR count).